The molecule has 0 fully saturated rings. The Hall–Kier alpha value is -1.64. The van der Waals surface area contributed by atoms with E-state index in [0.29, 0.717) is 21.2 Å². The molecule has 0 bridgehead atoms. The van der Waals surface area contributed by atoms with Gasteiger partial charge in [0.05, 0.1) is 0 Å². The standard InChI is InChI=1S/C14H8Cl2O2.C4H10/c15-11-5-1-9(2-6-11)13(17)14(18)10-3-7-12(16)8-4-10;1-3-4-2/h1-8H;3-4H2,1-2H3. The number of carbonyl (C=O) groups excluding carboxylic acids is 2. The summed E-state index contributed by atoms with van der Waals surface area (Å²) < 4.78 is 0. The summed E-state index contributed by atoms with van der Waals surface area (Å²) in [6.07, 6.45) is 2.64. The van der Waals surface area contributed by atoms with E-state index in [1.54, 1.807) is 24.3 Å². The van der Waals surface area contributed by atoms with Crippen LogP contribution < -0.4 is 0 Å². The van der Waals surface area contributed by atoms with Gasteiger partial charge in [0.25, 0.3) is 0 Å². The van der Waals surface area contributed by atoms with Crippen LogP contribution in [0.2, 0.25) is 10.0 Å². The van der Waals surface area contributed by atoms with Crippen LogP contribution in [0.4, 0.5) is 0 Å². The minimum atomic E-state index is -0.561. The molecule has 22 heavy (non-hydrogen) atoms. The fraction of sp³-hybridized carbons (Fsp3) is 0.222. The smallest absolute Gasteiger partial charge is 0.233 e. The maximum absolute atomic E-state index is 11.9. The van der Waals surface area contributed by atoms with Crippen LogP contribution in [0.15, 0.2) is 48.5 Å². The largest absolute Gasteiger partial charge is 0.285 e. The maximum Gasteiger partial charge on any atom is 0.233 e. The second-order valence-corrected chi connectivity index (χ2v) is 5.54. The first kappa shape index (κ1) is 18.4. The lowest BCUT2D eigenvalue weighted by Crippen LogP contribution is -2.14. The van der Waals surface area contributed by atoms with Gasteiger partial charge in [0.2, 0.25) is 11.6 Å². The van der Waals surface area contributed by atoms with Crippen molar-refractivity contribution in [1.29, 1.82) is 0 Å². The van der Waals surface area contributed by atoms with Crippen LogP contribution in [0.5, 0.6) is 0 Å². The van der Waals surface area contributed by atoms with Gasteiger partial charge in [-0.1, -0.05) is 49.9 Å². The number of halogens is 2. The highest BCUT2D eigenvalue weighted by Crippen LogP contribution is 2.14. The van der Waals surface area contributed by atoms with Gasteiger partial charge in [-0.3, -0.25) is 9.59 Å². The molecule has 0 saturated carbocycles. The molecule has 0 amide bonds. The fourth-order valence-electron chi connectivity index (χ4n) is 1.46. The SMILES string of the molecule is CCCC.O=C(C(=O)c1ccc(Cl)cc1)c1ccc(Cl)cc1. The number of carbonyl (C=O) groups is 2. The van der Waals surface area contributed by atoms with E-state index in [2.05, 4.69) is 13.8 Å². The highest BCUT2D eigenvalue weighted by molar-refractivity contribution is 6.49. The summed E-state index contributed by atoms with van der Waals surface area (Å²) in [5, 5.41) is 1.04. The molecule has 0 saturated heterocycles. The number of unbranched alkanes of at least 4 members (excludes halogenated alkanes) is 1. The Labute approximate surface area is 141 Å². The molecule has 0 aliphatic rings. The number of hydrogen-bond acceptors (Lipinski definition) is 2. The Morgan fingerprint density at radius 1 is 0.682 bits per heavy atom. The topological polar surface area (TPSA) is 34.1 Å². The van der Waals surface area contributed by atoms with Crippen LogP contribution in [0.3, 0.4) is 0 Å². The van der Waals surface area contributed by atoms with Crippen molar-refractivity contribution in [3.63, 3.8) is 0 Å². The molecule has 0 aliphatic heterocycles. The van der Waals surface area contributed by atoms with Crippen LogP contribution in [0.1, 0.15) is 47.4 Å². The average Bonchev–Trinajstić information content (AvgIpc) is 2.55. The molecule has 116 valence electrons. The van der Waals surface area contributed by atoms with E-state index < -0.39 is 11.6 Å². The van der Waals surface area contributed by atoms with Crippen LogP contribution in [-0.2, 0) is 0 Å². The Kier molecular flexibility index (Phi) is 7.86. The molecular formula is C18H18Cl2O2. The predicted octanol–water partition coefficient (Wildman–Crippen LogP) is 5.87. The lowest BCUT2D eigenvalue weighted by Gasteiger charge is -2.01. The van der Waals surface area contributed by atoms with Crippen molar-refractivity contribution in [2.45, 2.75) is 26.7 Å². The van der Waals surface area contributed by atoms with Crippen LogP contribution in [0, 0.1) is 0 Å². The van der Waals surface area contributed by atoms with Crippen molar-refractivity contribution >= 4 is 34.8 Å². The lowest BCUT2D eigenvalue weighted by molar-refractivity contribution is 0.0817. The van der Waals surface area contributed by atoms with Gasteiger partial charge >= 0.3 is 0 Å². The van der Waals surface area contributed by atoms with Gasteiger partial charge < -0.3 is 0 Å². The minimum absolute atomic E-state index is 0.319. The van der Waals surface area contributed by atoms with E-state index in [1.165, 1.54) is 37.1 Å². The molecule has 2 aromatic rings. The number of Topliss-reactive ketones (excluding diaryl/α,β-unsaturated/α-hetero) is 2. The first-order valence-electron chi connectivity index (χ1n) is 7.09. The third-order valence-corrected chi connectivity index (χ3v) is 3.42. The third kappa shape index (κ3) is 5.63. The highest BCUT2D eigenvalue weighted by atomic mass is 35.5. The van der Waals surface area contributed by atoms with E-state index in [0.717, 1.165) is 0 Å². The third-order valence-electron chi connectivity index (χ3n) is 2.92. The Morgan fingerprint density at radius 3 is 1.18 bits per heavy atom. The lowest BCUT2D eigenvalue weighted by atomic mass is 10.0. The van der Waals surface area contributed by atoms with Crippen molar-refractivity contribution in [2.75, 3.05) is 0 Å². The summed E-state index contributed by atoms with van der Waals surface area (Å²) >= 11 is 11.4. The zero-order chi connectivity index (χ0) is 16.5. The minimum Gasteiger partial charge on any atom is -0.285 e. The average molecular weight is 337 g/mol. The molecule has 0 aromatic heterocycles. The van der Waals surface area contributed by atoms with Gasteiger partial charge in [-0.25, -0.2) is 0 Å². The monoisotopic (exact) mass is 336 g/mol. The van der Waals surface area contributed by atoms with Gasteiger partial charge in [0.15, 0.2) is 0 Å². The second kappa shape index (κ2) is 9.39. The van der Waals surface area contributed by atoms with Gasteiger partial charge in [0.1, 0.15) is 0 Å². The highest BCUT2D eigenvalue weighted by Gasteiger charge is 2.17. The predicted molar refractivity (Wildman–Crippen MR) is 92.1 cm³/mol. The van der Waals surface area contributed by atoms with Crippen LogP contribution in [0.25, 0.3) is 0 Å². The van der Waals surface area contributed by atoms with E-state index in [-0.39, 0.29) is 0 Å². The molecule has 0 aliphatic carbocycles. The van der Waals surface area contributed by atoms with E-state index in [9.17, 15) is 9.59 Å². The van der Waals surface area contributed by atoms with Gasteiger partial charge in [-0.15, -0.1) is 0 Å². The number of rotatable bonds is 4. The first-order chi connectivity index (χ1) is 10.5. The van der Waals surface area contributed by atoms with Gasteiger partial charge in [-0.2, -0.15) is 0 Å². The molecule has 0 N–H and O–H groups in total. The summed E-state index contributed by atoms with van der Waals surface area (Å²) in [4.78, 5) is 23.8. The van der Waals surface area contributed by atoms with Crippen LogP contribution in [-0.4, -0.2) is 11.6 Å². The zero-order valence-corrected chi connectivity index (χ0v) is 14.1. The Morgan fingerprint density at radius 2 is 0.955 bits per heavy atom. The summed E-state index contributed by atoms with van der Waals surface area (Å²) in [6.45, 7) is 4.36. The summed E-state index contributed by atoms with van der Waals surface area (Å²) in [5.74, 6) is -1.12. The van der Waals surface area contributed by atoms with Crippen molar-refractivity contribution < 1.29 is 9.59 Å². The zero-order valence-electron chi connectivity index (χ0n) is 12.6. The number of ketones is 2. The molecule has 0 unspecified atom stereocenters. The Bertz CT molecular complexity index is 559. The molecule has 2 nitrogen and oxygen atoms in total. The molecule has 2 rings (SSSR count). The molecule has 0 radical (unpaired) electrons. The second-order valence-electron chi connectivity index (χ2n) is 4.67. The maximum atomic E-state index is 11.9. The van der Waals surface area contributed by atoms with Crippen molar-refractivity contribution in [3.05, 3.63) is 69.7 Å². The van der Waals surface area contributed by atoms with E-state index in [4.69, 9.17) is 23.2 Å². The first-order valence-corrected chi connectivity index (χ1v) is 7.85. The molecule has 0 heterocycles. The Balaban J connectivity index is 0.000000541. The number of hydrogen-bond donors (Lipinski definition) is 0. The number of benzene rings is 2. The fourth-order valence-corrected chi connectivity index (χ4v) is 1.72. The van der Waals surface area contributed by atoms with Crippen molar-refractivity contribution in [1.82, 2.24) is 0 Å². The van der Waals surface area contributed by atoms with Crippen LogP contribution >= 0.6 is 23.2 Å². The molecule has 0 atom stereocenters. The molecule has 2 aromatic carbocycles. The van der Waals surface area contributed by atoms with Gasteiger partial charge in [0, 0.05) is 21.2 Å². The van der Waals surface area contributed by atoms with E-state index >= 15 is 0 Å². The molecular weight excluding hydrogens is 319 g/mol. The van der Waals surface area contributed by atoms with E-state index in [1.807, 2.05) is 0 Å². The van der Waals surface area contributed by atoms with Crippen molar-refractivity contribution in [2.24, 2.45) is 0 Å². The summed E-state index contributed by atoms with van der Waals surface area (Å²) in [7, 11) is 0. The summed E-state index contributed by atoms with van der Waals surface area (Å²) in [6, 6.07) is 12.4. The normalized spacial score (nSPS) is 9.64. The molecule has 4 heteroatoms. The van der Waals surface area contributed by atoms with Gasteiger partial charge in [-0.05, 0) is 48.5 Å². The quantitative estimate of drug-likeness (QED) is 0.517. The summed E-state index contributed by atoms with van der Waals surface area (Å²) in [5.41, 5.74) is 0.638. The molecule has 0 spiro atoms. The van der Waals surface area contributed by atoms with Crippen molar-refractivity contribution in [3.8, 4) is 0 Å².